The maximum atomic E-state index is 11.1. The predicted molar refractivity (Wildman–Crippen MR) is 79.7 cm³/mol. The molecule has 0 radical (unpaired) electrons. The highest BCUT2D eigenvalue weighted by Crippen LogP contribution is 2.29. The first-order chi connectivity index (χ1) is 8.81. The molecule has 4 nitrogen and oxygen atoms in total. The summed E-state index contributed by atoms with van der Waals surface area (Å²) in [6.45, 7) is 10.3. The summed E-state index contributed by atoms with van der Waals surface area (Å²) in [7, 11) is 0. The fourth-order valence-corrected chi connectivity index (χ4v) is 1.99. The lowest BCUT2D eigenvalue weighted by Crippen LogP contribution is -2.17. The van der Waals surface area contributed by atoms with E-state index in [4.69, 9.17) is 0 Å². The molecule has 0 aliphatic carbocycles. The minimum absolute atomic E-state index is 0.166. The molecule has 0 heterocycles. The summed E-state index contributed by atoms with van der Waals surface area (Å²) >= 11 is 0. The molecule has 1 rings (SSSR count). The van der Waals surface area contributed by atoms with E-state index in [-0.39, 0.29) is 16.7 Å². The average molecular weight is 264 g/mol. The SMILES string of the molecule is Cc1cc(NC(C)CCC(C)C)c([N+](=O)[O-])cc1C. The molecule has 1 atom stereocenters. The quantitative estimate of drug-likeness (QED) is 0.610. The van der Waals surface area contributed by atoms with E-state index in [1.54, 1.807) is 6.07 Å². The minimum Gasteiger partial charge on any atom is -0.377 e. The number of aryl methyl sites for hydroxylation is 2. The number of anilines is 1. The number of hydrogen-bond acceptors (Lipinski definition) is 3. The van der Waals surface area contributed by atoms with Crippen LogP contribution in [0.3, 0.4) is 0 Å². The maximum Gasteiger partial charge on any atom is 0.292 e. The number of nitrogens with zero attached hydrogens (tertiary/aromatic N) is 1. The first-order valence-corrected chi connectivity index (χ1v) is 6.83. The largest absolute Gasteiger partial charge is 0.377 e. The average Bonchev–Trinajstić information content (AvgIpc) is 2.30. The van der Waals surface area contributed by atoms with Crippen molar-refractivity contribution in [2.24, 2.45) is 5.92 Å². The third-order valence-electron chi connectivity index (χ3n) is 3.39. The lowest BCUT2D eigenvalue weighted by atomic mass is 10.0. The monoisotopic (exact) mass is 264 g/mol. The second-order valence-corrected chi connectivity index (χ2v) is 5.73. The van der Waals surface area contributed by atoms with Crippen molar-refractivity contribution in [3.63, 3.8) is 0 Å². The van der Waals surface area contributed by atoms with Gasteiger partial charge in [-0.2, -0.15) is 0 Å². The number of nitro groups is 1. The molecule has 0 amide bonds. The molecular weight excluding hydrogens is 240 g/mol. The van der Waals surface area contributed by atoms with Crippen LogP contribution in [0.5, 0.6) is 0 Å². The van der Waals surface area contributed by atoms with Gasteiger partial charge in [-0.15, -0.1) is 0 Å². The third kappa shape index (κ3) is 4.54. The summed E-state index contributed by atoms with van der Waals surface area (Å²) in [6, 6.07) is 3.76. The van der Waals surface area contributed by atoms with Crippen molar-refractivity contribution in [3.05, 3.63) is 33.4 Å². The van der Waals surface area contributed by atoms with Gasteiger partial charge in [-0.3, -0.25) is 10.1 Å². The summed E-state index contributed by atoms with van der Waals surface area (Å²) < 4.78 is 0. The van der Waals surface area contributed by atoms with Crippen LogP contribution in [0, 0.1) is 29.9 Å². The fourth-order valence-electron chi connectivity index (χ4n) is 1.99. The number of nitro benzene ring substituents is 1. The summed E-state index contributed by atoms with van der Waals surface area (Å²) in [5, 5.41) is 14.4. The molecule has 1 N–H and O–H groups in total. The van der Waals surface area contributed by atoms with Gasteiger partial charge in [0.05, 0.1) is 4.92 Å². The number of nitrogens with one attached hydrogen (secondary N) is 1. The molecule has 0 saturated carbocycles. The van der Waals surface area contributed by atoms with Gasteiger partial charge in [0.2, 0.25) is 0 Å². The number of rotatable bonds is 6. The van der Waals surface area contributed by atoms with Crippen molar-refractivity contribution in [3.8, 4) is 0 Å². The molecule has 0 aliphatic rings. The van der Waals surface area contributed by atoms with Gasteiger partial charge in [0, 0.05) is 12.1 Å². The summed E-state index contributed by atoms with van der Waals surface area (Å²) in [5.74, 6) is 0.652. The van der Waals surface area contributed by atoms with Crippen molar-refractivity contribution < 1.29 is 4.92 Å². The third-order valence-corrected chi connectivity index (χ3v) is 3.39. The van der Waals surface area contributed by atoms with Crippen LogP contribution in [0.2, 0.25) is 0 Å². The van der Waals surface area contributed by atoms with Gasteiger partial charge in [0.1, 0.15) is 5.69 Å². The van der Waals surface area contributed by atoms with E-state index in [0.29, 0.717) is 11.6 Å². The molecule has 1 unspecified atom stereocenters. The Kier molecular flexibility index (Phi) is 5.33. The second-order valence-electron chi connectivity index (χ2n) is 5.73. The van der Waals surface area contributed by atoms with E-state index >= 15 is 0 Å². The van der Waals surface area contributed by atoms with E-state index in [1.165, 1.54) is 0 Å². The van der Waals surface area contributed by atoms with Crippen molar-refractivity contribution in [1.29, 1.82) is 0 Å². The van der Waals surface area contributed by atoms with Crippen LogP contribution in [-0.2, 0) is 0 Å². The normalized spacial score (nSPS) is 12.5. The van der Waals surface area contributed by atoms with Crippen LogP contribution in [0.15, 0.2) is 12.1 Å². The first kappa shape index (κ1) is 15.5. The van der Waals surface area contributed by atoms with Crippen LogP contribution in [0.25, 0.3) is 0 Å². The fraction of sp³-hybridized carbons (Fsp3) is 0.600. The highest BCUT2D eigenvalue weighted by atomic mass is 16.6. The van der Waals surface area contributed by atoms with Crippen LogP contribution >= 0.6 is 0 Å². The van der Waals surface area contributed by atoms with E-state index in [2.05, 4.69) is 26.1 Å². The molecule has 4 heteroatoms. The topological polar surface area (TPSA) is 55.2 Å². The minimum atomic E-state index is -0.316. The lowest BCUT2D eigenvalue weighted by Gasteiger charge is -2.17. The van der Waals surface area contributed by atoms with E-state index in [0.717, 1.165) is 24.0 Å². The molecule has 19 heavy (non-hydrogen) atoms. The molecule has 0 saturated heterocycles. The predicted octanol–water partition coefficient (Wildman–Crippen LogP) is 4.45. The van der Waals surface area contributed by atoms with E-state index in [1.807, 2.05) is 19.9 Å². The molecule has 0 bridgehead atoms. The zero-order valence-electron chi connectivity index (χ0n) is 12.5. The summed E-state index contributed by atoms with van der Waals surface area (Å²) in [6.07, 6.45) is 2.13. The molecule has 0 aliphatic heterocycles. The van der Waals surface area contributed by atoms with Gasteiger partial charge in [-0.1, -0.05) is 13.8 Å². The van der Waals surface area contributed by atoms with Crippen LogP contribution in [0.1, 0.15) is 44.7 Å². The Bertz CT molecular complexity index is 456. The van der Waals surface area contributed by atoms with Crippen LogP contribution < -0.4 is 5.32 Å². The molecule has 0 fully saturated rings. The smallest absolute Gasteiger partial charge is 0.292 e. The molecular formula is C15H24N2O2. The highest BCUT2D eigenvalue weighted by Gasteiger charge is 2.17. The lowest BCUT2D eigenvalue weighted by molar-refractivity contribution is -0.384. The Hall–Kier alpha value is -1.58. The van der Waals surface area contributed by atoms with Gasteiger partial charge in [-0.25, -0.2) is 0 Å². The summed E-state index contributed by atoms with van der Waals surface area (Å²) in [5.41, 5.74) is 2.82. The molecule has 1 aromatic carbocycles. The van der Waals surface area contributed by atoms with E-state index in [9.17, 15) is 10.1 Å². The second kappa shape index (κ2) is 6.55. The van der Waals surface area contributed by atoms with Crippen molar-refractivity contribution in [1.82, 2.24) is 0 Å². The van der Waals surface area contributed by atoms with Crippen molar-refractivity contribution in [2.75, 3.05) is 5.32 Å². The Morgan fingerprint density at radius 1 is 1.16 bits per heavy atom. The van der Waals surface area contributed by atoms with Gasteiger partial charge in [-0.05, 0) is 56.7 Å². The van der Waals surface area contributed by atoms with E-state index < -0.39 is 0 Å². The van der Waals surface area contributed by atoms with Crippen LogP contribution in [0.4, 0.5) is 11.4 Å². The standard InChI is InChI=1S/C15H24N2O2/c1-10(2)6-7-13(5)16-14-8-11(3)12(4)9-15(14)17(18)19/h8-10,13,16H,6-7H2,1-5H3. The number of hydrogen-bond donors (Lipinski definition) is 1. The molecule has 1 aromatic rings. The Labute approximate surface area is 115 Å². The van der Waals surface area contributed by atoms with Gasteiger partial charge < -0.3 is 5.32 Å². The highest BCUT2D eigenvalue weighted by molar-refractivity contribution is 5.64. The zero-order valence-corrected chi connectivity index (χ0v) is 12.5. The van der Waals surface area contributed by atoms with Gasteiger partial charge in [0.15, 0.2) is 0 Å². The van der Waals surface area contributed by atoms with Crippen molar-refractivity contribution in [2.45, 2.75) is 53.5 Å². The van der Waals surface area contributed by atoms with Crippen molar-refractivity contribution >= 4 is 11.4 Å². The zero-order chi connectivity index (χ0) is 14.6. The molecule has 0 aromatic heterocycles. The molecule has 106 valence electrons. The Balaban J connectivity index is 2.87. The Morgan fingerprint density at radius 3 is 2.26 bits per heavy atom. The maximum absolute atomic E-state index is 11.1. The number of benzene rings is 1. The summed E-state index contributed by atoms with van der Waals surface area (Å²) in [4.78, 5) is 10.8. The van der Waals surface area contributed by atoms with Gasteiger partial charge >= 0.3 is 0 Å². The molecule has 0 spiro atoms. The van der Waals surface area contributed by atoms with Crippen LogP contribution in [-0.4, -0.2) is 11.0 Å². The Morgan fingerprint density at radius 2 is 1.74 bits per heavy atom. The van der Waals surface area contributed by atoms with Gasteiger partial charge in [0.25, 0.3) is 5.69 Å². The first-order valence-electron chi connectivity index (χ1n) is 6.83.